The summed E-state index contributed by atoms with van der Waals surface area (Å²) in [6.45, 7) is 4.15. The Morgan fingerprint density at radius 3 is 2.61 bits per heavy atom. The first-order chi connectivity index (χ1) is 8.61. The maximum atomic E-state index is 6.11. The summed E-state index contributed by atoms with van der Waals surface area (Å²) in [6, 6.07) is 8.26. The second-order valence-electron chi connectivity index (χ2n) is 4.15. The molecule has 0 atom stereocenters. The Hall–Kier alpha value is -0.930. The molecule has 0 fully saturated rings. The van der Waals surface area contributed by atoms with Gasteiger partial charge < -0.3 is 0 Å². The van der Waals surface area contributed by atoms with Gasteiger partial charge in [0.1, 0.15) is 11.0 Å². The lowest BCUT2D eigenvalue weighted by Crippen LogP contribution is -2.03. The topological polar surface area (TPSA) is 25.8 Å². The number of hydrogen-bond acceptors (Lipinski definition) is 2. The van der Waals surface area contributed by atoms with Crippen LogP contribution < -0.4 is 0 Å². The van der Waals surface area contributed by atoms with E-state index in [2.05, 4.69) is 51.9 Å². The molecule has 0 aliphatic carbocycles. The fourth-order valence-electron chi connectivity index (χ4n) is 1.80. The van der Waals surface area contributed by atoms with E-state index in [0.717, 1.165) is 22.4 Å². The summed E-state index contributed by atoms with van der Waals surface area (Å²) in [6.07, 6.45) is 1.55. The lowest BCUT2D eigenvalue weighted by atomic mass is 10.1. The van der Waals surface area contributed by atoms with E-state index in [1.807, 2.05) is 12.1 Å². The van der Waals surface area contributed by atoms with E-state index < -0.39 is 0 Å². The first kappa shape index (κ1) is 13.5. The average Bonchev–Trinajstić information content (AvgIpc) is 2.36. The molecule has 1 aromatic carbocycles. The van der Waals surface area contributed by atoms with Crippen molar-refractivity contribution in [3.05, 3.63) is 56.5 Å². The number of rotatable bonds is 3. The van der Waals surface area contributed by atoms with E-state index in [1.54, 1.807) is 0 Å². The summed E-state index contributed by atoms with van der Waals surface area (Å²) < 4.78 is 0.806. The third kappa shape index (κ3) is 2.90. The number of benzene rings is 1. The molecule has 0 N–H and O–H groups in total. The van der Waals surface area contributed by atoms with Crippen molar-refractivity contribution in [3.8, 4) is 0 Å². The van der Waals surface area contributed by atoms with E-state index in [9.17, 15) is 0 Å². The molecule has 0 saturated heterocycles. The van der Waals surface area contributed by atoms with Gasteiger partial charge in [0.05, 0.1) is 10.2 Å². The Morgan fingerprint density at radius 2 is 1.94 bits per heavy atom. The second-order valence-corrected chi connectivity index (χ2v) is 5.30. The molecule has 0 bridgehead atoms. The first-order valence-electron chi connectivity index (χ1n) is 5.87. The molecule has 18 heavy (non-hydrogen) atoms. The summed E-state index contributed by atoms with van der Waals surface area (Å²) in [5.74, 6) is 0.773. The van der Waals surface area contributed by atoms with Gasteiger partial charge in [0.25, 0.3) is 0 Å². The maximum absolute atomic E-state index is 6.11. The first-order valence-corrected chi connectivity index (χ1v) is 7.04. The molecule has 0 unspecified atom stereocenters. The van der Waals surface area contributed by atoms with Crippen LogP contribution in [-0.4, -0.2) is 9.97 Å². The fraction of sp³-hybridized carbons (Fsp3) is 0.286. The van der Waals surface area contributed by atoms with Crippen molar-refractivity contribution in [2.75, 3.05) is 0 Å². The van der Waals surface area contributed by atoms with Crippen LogP contribution in [0.1, 0.15) is 29.6 Å². The van der Waals surface area contributed by atoms with Crippen LogP contribution in [0.15, 0.2) is 28.7 Å². The van der Waals surface area contributed by atoms with Gasteiger partial charge in [-0.05, 0) is 40.4 Å². The number of aryl methyl sites for hydroxylation is 2. The molecule has 4 heteroatoms. The molecular weight excluding hydrogens is 312 g/mol. The predicted molar refractivity (Wildman–Crippen MR) is 78.1 cm³/mol. The van der Waals surface area contributed by atoms with Gasteiger partial charge in [0.2, 0.25) is 0 Å². The van der Waals surface area contributed by atoms with Crippen molar-refractivity contribution in [2.45, 2.75) is 26.7 Å². The second kappa shape index (κ2) is 5.81. The number of nitrogens with zero attached hydrogens (tertiary/aromatic N) is 2. The molecular formula is C14H14BrClN2. The number of aromatic nitrogens is 2. The molecule has 94 valence electrons. The third-order valence-electron chi connectivity index (χ3n) is 2.87. The molecule has 0 aliphatic heterocycles. The molecule has 0 amide bonds. The summed E-state index contributed by atoms with van der Waals surface area (Å²) >= 11 is 9.52. The summed E-state index contributed by atoms with van der Waals surface area (Å²) in [5, 5.41) is 0.491. The van der Waals surface area contributed by atoms with Crippen LogP contribution in [0.4, 0.5) is 0 Å². The van der Waals surface area contributed by atoms with E-state index in [4.69, 9.17) is 11.6 Å². The van der Waals surface area contributed by atoms with E-state index in [-0.39, 0.29) is 0 Å². The van der Waals surface area contributed by atoms with E-state index in [0.29, 0.717) is 11.6 Å². The molecule has 2 nitrogen and oxygen atoms in total. The van der Waals surface area contributed by atoms with Crippen LogP contribution in [0.5, 0.6) is 0 Å². The van der Waals surface area contributed by atoms with Crippen LogP contribution in [-0.2, 0) is 12.8 Å². The summed E-state index contributed by atoms with van der Waals surface area (Å²) in [4.78, 5) is 8.87. The SMILES string of the molecule is CCc1nc(Cc2ccccc2C)nc(Cl)c1Br. The van der Waals surface area contributed by atoms with Crippen LogP contribution in [0.25, 0.3) is 0 Å². The Bertz CT molecular complexity index is 570. The van der Waals surface area contributed by atoms with Crippen LogP contribution in [0, 0.1) is 6.92 Å². The van der Waals surface area contributed by atoms with Gasteiger partial charge in [-0.2, -0.15) is 0 Å². The largest absolute Gasteiger partial charge is 0.236 e. The maximum Gasteiger partial charge on any atom is 0.147 e. The lowest BCUT2D eigenvalue weighted by Gasteiger charge is -2.08. The lowest BCUT2D eigenvalue weighted by molar-refractivity contribution is 0.893. The molecule has 1 aromatic heterocycles. The van der Waals surface area contributed by atoms with Crippen molar-refractivity contribution in [2.24, 2.45) is 0 Å². The van der Waals surface area contributed by atoms with Crippen LogP contribution in [0.3, 0.4) is 0 Å². The van der Waals surface area contributed by atoms with Gasteiger partial charge in [-0.25, -0.2) is 9.97 Å². The normalized spacial score (nSPS) is 10.7. The molecule has 0 radical (unpaired) electrons. The van der Waals surface area contributed by atoms with Crippen molar-refractivity contribution in [3.63, 3.8) is 0 Å². The number of hydrogen-bond donors (Lipinski definition) is 0. The Balaban J connectivity index is 2.36. The Morgan fingerprint density at radius 1 is 1.22 bits per heavy atom. The highest BCUT2D eigenvalue weighted by Crippen LogP contribution is 2.24. The van der Waals surface area contributed by atoms with Crippen LogP contribution >= 0.6 is 27.5 Å². The van der Waals surface area contributed by atoms with Crippen molar-refractivity contribution < 1.29 is 0 Å². The Labute approximate surface area is 121 Å². The molecule has 0 aliphatic rings. The van der Waals surface area contributed by atoms with E-state index >= 15 is 0 Å². The monoisotopic (exact) mass is 324 g/mol. The van der Waals surface area contributed by atoms with E-state index in [1.165, 1.54) is 11.1 Å². The zero-order chi connectivity index (χ0) is 13.1. The standard InChI is InChI=1S/C14H14BrClN2/c1-3-11-13(15)14(16)18-12(17-11)8-10-7-5-4-6-9(10)2/h4-7H,3,8H2,1-2H3. The van der Waals surface area contributed by atoms with Crippen LogP contribution in [0.2, 0.25) is 5.15 Å². The molecule has 0 saturated carbocycles. The van der Waals surface area contributed by atoms with Crippen molar-refractivity contribution in [1.29, 1.82) is 0 Å². The minimum absolute atomic E-state index is 0.491. The quantitative estimate of drug-likeness (QED) is 0.784. The average molecular weight is 326 g/mol. The summed E-state index contributed by atoms with van der Waals surface area (Å²) in [7, 11) is 0. The summed E-state index contributed by atoms with van der Waals surface area (Å²) in [5.41, 5.74) is 3.44. The molecule has 1 heterocycles. The molecule has 2 aromatic rings. The highest BCUT2D eigenvalue weighted by atomic mass is 79.9. The van der Waals surface area contributed by atoms with Gasteiger partial charge >= 0.3 is 0 Å². The smallest absolute Gasteiger partial charge is 0.147 e. The zero-order valence-electron chi connectivity index (χ0n) is 10.4. The van der Waals surface area contributed by atoms with Gasteiger partial charge in [0, 0.05) is 6.42 Å². The Kier molecular flexibility index (Phi) is 4.36. The van der Waals surface area contributed by atoms with Gasteiger partial charge in [0.15, 0.2) is 0 Å². The minimum Gasteiger partial charge on any atom is -0.236 e. The van der Waals surface area contributed by atoms with Crippen molar-refractivity contribution >= 4 is 27.5 Å². The predicted octanol–water partition coefficient (Wildman–Crippen LogP) is 4.35. The molecule has 0 spiro atoms. The van der Waals surface area contributed by atoms with Gasteiger partial charge in [-0.3, -0.25) is 0 Å². The highest BCUT2D eigenvalue weighted by Gasteiger charge is 2.10. The third-order valence-corrected chi connectivity index (χ3v) is 4.21. The van der Waals surface area contributed by atoms with Gasteiger partial charge in [-0.15, -0.1) is 0 Å². The fourth-order valence-corrected chi connectivity index (χ4v) is 2.47. The zero-order valence-corrected chi connectivity index (χ0v) is 12.7. The highest BCUT2D eigenvalue weighted by molar-refractivity contribution is 9.10. The van der Waals surface area contributed by atoms with Crippen molar-refractivity contribution in [1.82, 2.24) is 9.97 Å². The van der Waals surface area contributed by atoms with Gasteiger partial charge in [-0.1, -0.05) is 42.8 Å². The molecule has 2 rings (SSSR count). The number of halogens is 2. The minimum atomic E-state index is 0.491.